The van der Waals surface area contributed by atoms with Crippen LogP contribution >= 0.6 is 11.8 Å². The first-order chi connectivity index (χ1) is 14.4. The fraction of sp³-hybridized carbons (Fsp3) is 0.348. The van der Waals surface area contributed by atoms with Crippen LogP contribution in [0.5, 0.6) is 5.75 Å². The summed E-state index contributed by atoms with van der Waals surface area (Å²) in [5.41, 5.74) is 3.33. The first-order valence-electron chi connectivity index (χ1n) is 10.0. The number of thioether (sulfide) groups is 1. The van der Waals surface area contributed by atoms with Gasteiger partial charge in [-0.25, -0.2) is 4.98 Å². The molecule has 2 aromatic carbocycles. The Balaban J connectivity index is 1.50. The minimum Gasteiger partial charge on any atom is -0.497 e. The highest BCUT2D eigenvalue weighted by molar-refractivity contribution is 7.99. The number of hydrogen-bond acceptors (Lipinski definition) is 5. The van der Waals surface area contributed by atoms with E-state index in [-0.39, 0.29) is 17.7 Å². The molecule has 2 N–H and O–H groups in total. The van der Waals surface area contributed by atoms with Gasteiger partial charge in [-0.1, -0.05) is 49.9 Å². The molecule has 0 saturated carbocycles. The minimum absolute atomic E-state index is 0.0467. The monoisotopic (exact) mass is 424 g/mol. The lowest BCUT2D eigenvalue weighted by molar-refractivity contribution is -0.119. The van der Waals surface area contributed by atoms with E-state index in [0.717, 1.165) is 23.3 Å². The Bertz CT molecular complexity index is 952. The number of H-pyrrole nitrogens is 1. The van der Waals surface area contributed by atoms with Crippen molar-refractivity contribution in [2.75, 3.05) is 12.9 Å². The normalized spacial score (nSPS) is 12.0. The topological polar surface area (TPSA) is 79.9 Å². The highest BCUT2D eigenvalue weighted by Gasteiger charge is 2.12. The van der Waals surface area contributed by atoms with E-state index in [9.17, 15) is 4.79 Å². The molecule has 0 bridgehead atoms. The Labute approximate surface area is 181 Å². The number of nitrogens with one attached hydrogen (secondary N) is 2. The van der Waals surface area contributed by atoms with Gasteiger partial charge in [0.25, 0.3) is 0 Å². The molecule has 158 valence electrons. The number of carbonyl (C=O) groups excluding carboxylic acids is 1. The zero-order valence-electron chi connectivity index (χ0n) is 17.8. The lowest BCUT2D eigenvalue weighted by Gasteiger charge is -2.15. The Kier molecular flexibility index (Phi) is 7.52. The van der Waals surface area contributed by atoms with E-state index < -0.39 is 0 Å². The number of methoxy groups -OCH3 is 1. The number of benzene rings is 2. The third-order valence-corrected chi connectivity index (χ3v) is 5.51. The van der Waals surface area contributed by atoms with Gasteiger partial charge in [0, 0.05) is 5.56 Å². The molecule has 0 aliphatic rings. The summed E-state index contributed by atoms with van der Waals surface area (Å²) < 4.78 is 5.16. The van der Waals surface area contributed by atoms with Crippen LogP contribution in [0.4, 0.5) is 0 Å². The quantitative estimate of drug-likeness (QED) is 0.489. The predicted molar refractivity (Wildman–Crippen MR) is 121 cm³/mol. The number of rotatable bonds is 9. The van der Waals surface area contributed by atoms with Crippen molar-refractivity contribution in [3.8, 4) is 17.1 Å². The third kappa shape index (κ3) is 6.10. The Morgan fingerprint density at radius 2 is 1.80 bits per heavy atom. The van der Waals surface area contributed by atoms with Gasteiger partial charge in [-0.2, -0.15) is 0 Å². The summed E-state index contributed by atoms with van der Waals surface area (Å²) in [7, 11) is 1.63. The summed E-state index contributed by atoms with van der Waals surface area (Å²) in [5.74, 6) is 2.29. The summed E-state index contributed by atoms with van der Waals surface area (Å²) in [4.78, 5) is 16.8. The van der Waals surface area contributed by atoms with Gasteiger partial charge in [0.1, 0.15) is 5.75 Å². The van der Waals surface area contributed by atoms with E-state index in [4.69, 9.17) is 4.74 Å². The van der Waals surface area contributed by atoms with Gasteiger partial charge in [-0.3, -0.25) is 9.89 Å². The van der Waals surface area contributed by atoms with Crippen LogP contribution in [-0.2, 0) is 11.2 Å². The highest BCUT2D eigenvalue weighted by atomic mass is 32.2. The molecular weight excluding hydrogens is 396 g/mol. The molecule has 0 saturated heterocycles. The number of amides is 1. The zero-order valence-corrected chi connectivity index (χ0v) is 18.6. The van der Waals surface area contributed by atoms with Crippen molar-refractivity contribution >= 4 is 17.7 Å². The molecule has 30 heavy (non-hydrogen) atoms. The molecule has 7 heteroatoms. The lowest BCUT2D eigenvalue weighted by atomic mass is 10.00. The third-order valence-electron chi connectivity index (χ3n) is 4.66. The van der Waals surface area contributed by atoms with Gasteiger partial charge < -0.3 is 10.1 Å². The molecule has 0 aliphatic heterocycles. The summed E-state index contributed by atoms with van der Waals surface area (Å²) in [6, 6.07) is 16.0. The number of hydrogen-bond donors (Lipinski definition) is 2. The van der Waals surface area contributed by atoms with Crippen molar-refractivity contribution in [1.29, 1.82) is 0 Å². The number of ether oxygens (including phenoxy) is 1. The summed E-state index contributed by atoms with van der Waals surface area (Å²) >= 11 is 1.31. The molecule has 0 unspecified atom stereocenters. The summed E-state index contributed by atoms with van der Waals surface area (Å²) in [6.45, 7) is 6.42. The molecule has 0 radical (unpaired) electrons. The van der Waals surface area contributed by atoms with Crippen LogP contribution < -0.4 is 10.1 Å². The first-order valence-corrected chi connectivity index (χ1v) is 11.0. The maximum Gasteiger partial charge on any atom is 0.230 e. The lowest BCUT2D eigenvalue weighted by Crippen LogP contribution is -2.28. The largest absolute Gasteiger partial charge is 0.497 e. The summed E-state index contributed by atoms with van der Waals surface area (Å²) in [5, 5.41) is 10.7. The van der Waals surface area contributed by atoms with Crippen molar-refractivity contribution in [2.45, 2.75) is 38.4 Å². The van der Waals surface area contributed by atoms with E-state index in [0.29, 0.717) is 16.9 Å². The van der Waals surface area contributed by atoms with Crippen molar-refractivity contribution in [3.63, 3.8) is 0 Å². The van der Waals surface area contributed by atoms with Gasteiger partial charge in [-0.05, 0) is 54.7 Å². The Morgan fingerprint density at radius 3 is 2.43 bits per heavy atom. The van der Waals surface area contributed by atoms with Gasteiger partial charge >= 0.3 is 0 Å². The van der Waals surface area contributed by atoms with E-state index >= 15 is 0 Å². The molecule has 3 aromatic rings. The molecular formula is C23H28N4O2S. The molecule has 0 fully saturated rings. The predicted octanol–water partition coefficient (Wildman–Crippen LogP) is 4.65. The first kappa shape index (κ1) is 21.9. The second kappa shape index (κ2) is 10.3. The number of carbonyl (C=O) groups is 1. The molecule has 0 spiro atoms. The van der Waals surface area contributed by atoms with Crippen LogP contribution in [0.3, 0.4) is 0 Å². The Morgan fingerprint density at radius 1 is 1.10 bits per heavy atom. The maximum atomic E-state index is 12.3. The fourth-order valence-electron chi connectivity index (χ4n) is 3.10. The Hall–Kier alpha value is -2.80. The SMILES string of the molecule is COc1ccc(-c2nc(SCC(=O)N[C@H](C)c3ccc(CC(C)C)cc3)n[nH]2)cc1. The number of aromatic amines is 1. The average Bonchev–Trinajstić information content (AvgIpc) is 3.21. The molecule has 0 aliphatic carbocycles. The second-order valence-electron chi connectivity index (χ2n) is 7.61. The second-order valence-corrected chi connectivity index (χ2v) is 8.56. The van der Waals surface area contributed by atoms with Crippen molar-refractivity contribution in [3.05, 3.63) is 59.7 Å². The molecule has 1 amide bonds. The average molecular weight is 425 g/mol. The van der Waals surface area contributed by atoms with Crippen LogP contribution in [-0.4, -0.2) is 34.0 Å². The molecule has 3 rings (SSSR count). The zero-order chi connectivity index (χ0) is 21.5. The minimum atomic E-state index is -0.0480. The molecule has 1 heterocycles. The highest BCUT2D eigenvalue weighted by Crippen LogP contribution is 2.22. The van der Waals surface area contributed by atoms with Crippen molar-refractivity contribution in [2.24, 2.45) is 5.92 Å². The van der Waals surface area contributed by atoms with Crippen LogP contribution in [0.2, 0.25) is 0 Å². The van der Waals surface area contributed by atoms with E-state index in [1.165, 1.54) is 17.3 Å². The van der Waals surface area contributed by atoms with Gasteiger partial charge in [0.15, 0.2) is 5.82 Å². The maximum absolute atomic E-state index is 12.3. The molecule has 1 atom stereocenters. The van der Waals surface area contributed by atoms with Crippen LogP contribution in [0.1, 0.15) is 37.9 Å². The van der Waals surface area contributed by atoms with E-state index in [1.54, 1.807) is 7.11 Å². The molecule has 1 aromatic heterocycles. The van der Waals surface area contributed by atoms with E-state index in [2.05, 4.69) is 58.6 Å². The van der Waals surface area contributed by atoms with Crippen LogP contribution in [0, 0.1) is 5.92 Å². The number of aromatic nitrogens is 3. The van der Waals surface area contributed by atoms with E-state index in [1.807, 2.05) is 31.2 Å². The van der Waals surface area contributed by atoms with Gasteiger partial charge in [0.05, 0.1) is 18.9 Å². The smallest absolute Gasteiger partial charge is 0.230 e. The summed E-state index contributed by atoms with van der Waals surface area (Å²) in [6.07, 6.45) is 1.06. The van der Waals surface area contributed by atoms with Gasteiger partial charge in [-0.15, -0.1) is 5.10 Å². The van der Waals surface area contributed by atoms with Crippen molar-refractivity contribution in [1.82, 2.24) is 20.5 Å². The number of nitrogens with zero attached hydrogens (tertiary/aromatic N) is 2. The van der Waals surface area contributed by atoms with Crippen LogP contribution in [0.15, 0.2) is 53.7 Å². The fourth-order valence-corrected chi connectivity index (χ4v) is 3.71. The van der Waals surface area contributed by atoms with Gasteiger partial charge in [0.2, 0.25) is 11.1 Å². The van der Waals surface area contributed by atoms with Crippen molar-refractivity contribution < 1.29 is 9.53 Å². The van der Waals surface area contributed by atoms with Crippen LogP contribution in [0.25, 0.3) is 11.4 Å². The molecule has 6 nitrogen and oxygen atoms in total. The standard InChI is InChI=1S/C23H28N4O2S/c1-15(2)13-17-5-7-18(8-6-17)16(3)24-21(28)14-30-23-25-22(26-27-23)19-9-11-20(29-4)12-10-19/h5-12,15-16H,13-14H2,1-4H3,(H,24,28)(H,25,26,27)/t16-/m1/s1.